The maximum absolute atomic E-state index is 11.6. The van der Waals surface area contributed by atoms with Crippen LogP contribution in [-0.2, 0) is 13.6 Å². The topological polar surface area (TPSA) is 123 Å². The van der Waals surface area contributed by atoms with Gasteiger partial charge in [0.2, 0.25) is 5.76 Å². The average molecular weight is 251 g/mol. The number of carbonyl (C=O) groups is 2. The van der Waals surface area contributed by atoms with E-state index < -0.39 is 11.9 Å². The first-order valence-electron chi connectivity index (χ1n) is 4.89. The number of carboxylic acids is 1. The fourth-order valence-corrected chi connectivity index (χ4v) is 1.20. The summed E-state index contributed by atoms with van der Waals surface area (Å²) in [5.74, 6) is -1.66. The van der Waals surface area contributed by atoms with Crippen LogP contribution in [0.1, 0.15) is 26.9 Å². The number of aromatic carboxylic acids is 1. The van der Waals surface area contributed by atoms with Crippen LogP contribution < -0.4 is 5.32 Å². The number of carboxylic acid groups (broad SMARTS) is 1. The molecule has 18 heavy (non-hydrogen) atoms. The minimum Gasteiger partial charge on any atom is -0.475 e. The highest BCUT2D eigenvalue weighted by molar-refractivity contribution is 5.94. The zero-order chi connectivity index (χ0) is 13.1. The predicted molar refractivity (Wildman–Crippen MR) is 55.6 cm³/mol. The SMILES string of the molecule is Cn1cnnc1CNC(=O)c1cc(C(=O)O)on1. The van der Waals surface area contributed by atoms with Crippen molar-refractivity contribution < 1.29 is 19.2 Å². The Labute approximate surface area is 100 Å². The van der Waals surface area contributed by atoms with E-state index in [1.807, 2.05) is 0 Å². The first-order chi connectivity index (χ1) is 8.58. The van der Waals surface area contributed by atoms with Crippen LogP contribution in [0, 0.1) is 0 Å². The van der Waals surface area contributed by atoms with Crippen LogP contribution in [-0.4, -0.2) is 36.9 Å². The third-order valence-corrected chi connectivity index (χ3v) is 2.17. The third-order valence-electron chi connectivity index (χ3n) is 2.17. The Kier molecular flexibility index (Phi) is 3.04. The highest BCUT2D eigenvalue weighted by Crippen LogP contribution is 2.03. The van der Waals surface area contributed by atoms with E-state index in [0.29, 0.717) is 5.82 Å². The van der Waals surface area contributed by atoms with Gasteiger partial charge in [0.15, 0.2) is 11.5 Å². The second-order valence-corrected chi connectivity index (χ2v) is 3.42. The zero-order valence-corrected chi connectivity index (χ0v) is 9.32. The molecule has 9 heteroatoms. The van der Waals surface area contributed by atoms with Crippen molar-refractivity contribution in [1.29, 1.82) is 0 Å². The Morgan fingerprint density at radius 1 is 1.56 bits per heavy atom. The Hall–Kier alpha value is -2.71. The molecule has 1 amide bonds. The van der Waals surface area contributed by atoms with E-state index in [1.165, 1.54) is 6.33 Å². The summed E-state index contributed by atoms with van der Waals surface area (Å²) in [4.78, 5) is 22.1. The molecule has 0 radical (unpaired) electrons. The van der Waals surface area contributed by atoms with Gasteiger partial charge in [-0.2, -0.15) is 0 Å². The minimum absolute atomic E-state index is 0.102. The van der Waals surface area contributed by atoms with Gasteiger partial charge in [-0.05, 0) is 0 Å². The molecule has 2 aromatic rings. The van der Waals surface area contributed by atoms with Crippen LogP contribution in [0.25, 0.3) is 0 Å². The Morgan fingerprint density at radius 3 is 2.89 bits per heavy atom. The smallest absolute Gasteiger partial charge is 0.374 e. The van der Waals surface area contributed by atoms with E-state index in [1.54, 1.807) is 11.6 Å². The van der Waals surface area contributed by atoms with Crippen molar-refractivity contribution in [2.45, 2.75) is 6.54 Å². The highest BCUT2D eigenvalue weighted by Gasteiger charge is 2.16. The molecule has 2 rings (SSSR count). The molecule has 0 fully saturated rings. The number of aryl methyl sites for hydroxylation is 1. The Bertz CT molecular complexity index is 587. The summed E-state index contributed by atoms with van der Waals surface area (Å²) in [7, 11) is 1.74. The number of carbonyl (C=O) groups excluding carboxylic acids is 1. The molecule has 0 atom stereocenters. The van der Waals surface area contributed by atoms with Crippen molar-refractivity contribution in [2.24, 2.45) is 7.05 Å². The number of nitrogens with one attached hydrogen (secondary N) is 1. The summed E-state index contributed by atoms with van der Waals surface area (Å²) in [5, 5.41) is 21.9. The van der Waals surface area contributed by atoms with Gasteiger partial charge in [0.25, 0.3) is 5.91 Å². The number of rotatable bonds is 4. The summed E-state index contributed by atoms with van der Waals surface area (Å²) in [6.07, 6.45) is 1.50. The fraction of sp³-hybridized carbons (Fsp3) is 0.222. The largest absolute Gasteiger partial charge is 0.475 e. The standard InChI is InChI=1S/C9H9N5O4/c1-14-4-11-12-7(14)3-10-8(15)5-2-6(9(16)17)18-13-5/h2,4H,3H2,1H3,(H,10,15)(H,16,17). The molecule has 0 saturated carbocycles. The van der Waals surface area contributed by atoms with E-state index in [4.69, 9.17) is 5.11 Å². The number of nitrogens with zero attached hydrogens (tertiary/aromatic N) is 4. The molecule has 9 nitrogen and oxygen atoms in total. The average Bonchev–Trinajstić information content (AvgIpc) is 2.94. The molecular weight excluding hydrogens is 242 g/mol. The molecule has 0 aliphatic carbocycles. The number of hydrogen-bond acceptors (Lipinski definition) is 6. The first kappa shape index (κ1) is 11.8. The number of hydrogen-bond donors (Lipinski definition) is 2. The first-order valence-corrected chi connectivity index (χ1v) is 4.89. The van der Waals surface area contributed by atoms with Crippen molar-refractivity contribution in [3.63, 3.8) is 0 Å². The van der Waals surface area contributed by atoms with Crippen LogP contribution in [0.2, 0.25) is 0 Å². The molecule has 0 unspecified atom stereocenters. The molecule has 0 aliphatic rings. The lowest BCUT2D eigenvalue weighted by molar-refractivity contribution is 0.0651. The lowest BCUT2D eigenvalue weighted by Crippen LogP contribution is -2.24. The molecular formula is C9H9N5O4. The Balaban J connectivity index is 1.99. The van der Waals surface area contributed by atoms with Crippen molar-refractivity contribution in [2.75, 3.05) is 0 Å². The summed E-state index contributed by atoms with van der Waals surface area (Å²) in [6, 6.07) is 1.05. The highest BCUT2D eigenvalue weighted by atomic mass is 16.5. The molecule has 0 saturated heterocycles. The van der Waals surface area contributed by atoms with Crippen molar-refractivity contribution in [1.82, 2.24) is 25.2 Å². The van der Waals surface area contributed by atoms with E-state index in [-0.39, 0.29) is 18.0 Å². The Morgan fingerprint density at radius 2 is 2.33 bits per heavy atom. The van der Waals surface area contributed by atoms with Gasteiger partial charge < -0.3 is 19.5 Å². The molecule has 2 aromatic heterocycles. The number of amides is 1. The van der Waals surface area contributed by atoms with Crippen LogP contribution in [0.5, 0.6) is 0 Å². The van der Waals surface area contributed by atoms with Crippen LogP contribution in [0.4, 0.5) is 0 Å². The van der Waals surface area contributed by atoms with Gasteiger partial charge in [0.1, 0.15) is 6.33 Å². The van der Waals surface area contributed by atoms with E-state index in [0.717, 1.165) is 6.07 Å². The fourth-order valence-electron chi connectivity index (χ4n) is 1.20. The van der Waals surface area contributed by atoms with Crippen molar-refractivity contribution in [3.05, 3.63) is 29.7 Å². The second-order valence-electron chi connectivity index (χ2n) is 3.42. The molecule has 2 N–H and O–H groups in total. The monoisotopic (exact) mass is 251 g/mol. The van der Waals surface area contributed by atoms with E-state index in [9.17, 15) is 9.59 Å². The van der Waals surface area contributed by atoms with Gasteiger partial charge >= 0.3 is 5.97 Å². The molecule has 94 valence electrons. The quantitative estimate of drug-likeness (QED) is 0.745. The van der Waals surface area contributed by atoms with Gasteiger partial charge in [-0.25, -0.2) is 4.79 Å². The zero-order valence-electron chi connectivity index (χ0n) is 9.32. The van der Waals surface area contributed by atoms with Crippen LogP contribution in [0.15, 0.2) is 16.9 Å². The van der Waals surface area contributed by atoms with Gasteiger partial charge in [-0.1, -0.05) is 5.16 Å². The molecule has 2 heterocycles. The maximum atomic E-state index is 11.6. The summed E-state index contributed by atoms with van der Waals surface area (Å²) in [5.41, 5.74) is -0.102. The molecule has 0 bridgehead atoms. The minimum atomic E-state index is -1.28. The third kappa shape index (κ3) is 2.34. The normalized spacial score (nSPS) is 10.3. The lowest BCUT2D eigenvalue weighted by atomic mass is 10.3. The molecule has 0 aromatic carbocycles. The second kappa shape index (κ2) is 4.65. The van der Waals surface area contributed by atoms with Gasteiger partial charge in [0.05, 0.1) is 6.54 Å². The summed E-state index contributed by atoms with van der Waals surface area (Å²) < 4.78 is 6.11. The van der Waals surface area contributed by atoms with Crippen LogP contribution in [0.3, 0.4) is 0 Å². The summed E-state index contributed by atoms with van der Waals surface area (Å²) >= 11 is 0. The van der Waals surface area contributed by atoms with Crippen molar-refractivity contribution >= 4 is 11.9 Å². The van der Waals surface area contributed by atoms with E-state index >= 15 is 0 Å². The van der Waals surface area contributed by atoms with Gasteiger partial charge in [-0.3, -0.25) is 4.79 Å². The van der Waals surface area contributed by atoms with E-state index in [2.05, 4.69) is 25.2 Å². The molecule has 0 aliphatic heterocycles. The van der Waals surface area contributed by atoms with Crippen molar-refractivity contribution in [3.8, 4) is 0 Å². The predicted octanol–water partition coefficient (Wildman–Crippen LogP) is -0.569. The summed E-state index contributed by atoms with van der Waals surface area (Å²) in [6.45, 7) is 0.157. The van der Waals surface area contributed by atoms with Gasteiger partial charge in [0, 0.05) is 13.1 Å². The maximum Gasteiger partial charge on any atom is 0.374 e. The number of aromatic nitrogens is 4. The molecule has 0 spiro atoms. The van der Waals surface area contributed by atoms with Gasteiger partial charge in [-0.15, -0.1) is 10.2 Å². The lowest BCUT2D eigenvalue weighted by Gasteiger charge is -2.01. The van der Waals surface area contributed by atoms with Crippen LogP contribution >= 0.6 is 0 Å².